The van der Waals surface area contributed by atoms with Gasteiger partial charge in [-0.3, -0.25) is 9.78 Å². The number of pyridine rings is 1. The van der Waals surface area contributed by atoms with Gasteiger partial charge >= 0.3 is 5.97 Å². The summed E-state index contributed by atoms with van der Waals surface area (Å²) < 4.78 is 10.6. The summed E-state index contributed by atoms with van der Waals surface area (Å²) in [7, 11) is 1.30. The van der Waals surface area contributed by atoms with Crippen LogP contribution >= 0.6 is 0 Å². The monoisotopic (exact) mass is 511 g/mol. The van der Waals surface area contributed by atoms with E-state index in [4.69, 9.17) is 9.47 Å². The first kappa shape index (κ1) is 26.5. The zero-order chi connectivity index (χ0) is 27.1. The number of para-hydroxylation sites is 1. The Balaban J connectivity index is 1.58. The van der Waals surface area contributed by atoms with Crippen LogP contribution in [0.25, 0.3) is 10.9 Å². The molecule has 0 bridgehead atoms. The molecular formula is C30H29N3O5. The van der Waals surface area contributed by atoms with Crippen molar-refractivity contribution in [2.24, 2.45) is 0 Å². The predicted molar refractivity (Wildman–Crippen MR) is 144 cm³/mol. The molecule has 0 saturated heterocycles. The van der Waals surface area contributed by atoms with E-state index in [1.165, 1.54) is 13.3 Å². The van der Waals surface area contributed by atoms with Crippen molar-refractivity contribution in [3.05, 3.63) is 94.9 Å². The Labute approximate surface area is 221 Å². The van der Waals surface area contributed by atoms with E-state index in [0.29, 0.717) is 34.4 Å². The van der Waals surface area contributed by atoms with E-state index >= 15 is 0 Å². The molecule has 0 spiro atoms. The molecule has 38 heavy (non-hydrogen) atoms. The van der Waals surface area contributed by atoms with E-state index in [1.54, 1.807) is 30.5 Å². The zero-order valence-corrected chi connectivity index (χ0v) is 21.4. The number of aromatic amines is 1. The van der Waals surface area contributed by atoms with Gasteiger partial charge in [-0.2, -0.15) is 0 Å². The Bertz CT molecular complexity index is 1510. The van der Waals surface area contributed by atoms with Crippen LogP contribution in [0.15, 0.2) is 67.1 Å². The van der Waals surface area contributed by atoms with Crippen molar-refractivity contribution in [3.63, 3.8) is 0 Å². The number of ether oxygens (including phenoxy) is 2. The molecule has 0 saturated carbocycles. The quantitative estimate of drug-likeness (QED) is 0.245. The number of carbonyl (C=O) groups excluding carboxylic acids is 2. The SMILES string of the molecule is COC(=O)c1cncc(C#Cc2ccc(OC(C)C)c(C(=O)N[C@@H](CO)Cc3c[nH]c4ccccc34)c2)c1. The lowest BCUT2D eigenvalue weighted by molar-refractivity contribution is 0.0600. The van der Waals surface area contributed by atoms with Crippen LogP contribution in [0.4, 0.5) is 0 Å². The van der Waals surface area contributed by atoms with Gasteiger partial charge in [-0.1, -0.05) is 30.0 Å². The summed E-state index contributed by atoms with van der Waals surface area (Å²) in [4.78, 5) is 32.4. The first-order valence-corrected chi connectivity index (χ1v) is 12.2. The van der Waals surface area contributed by atoms with Gasteiger partial charge in [-0.15, -0.1) is 0 Å². The van der Waals surface area contributed by atoms with E-state index in [9.17, 15) is 14.7 Å². The molecule has 4 rings (SSSR count). The largest absolute Gasteiger partial charge is 0.490 e. The van der Waals surface area contributed by atoms with Gasteiger partial charge in [0.2, 0.25) is 0 Å². The minimum atomic E-state index is -0.504. The lowest BCUT2D eigenvalue weighted by atomic mass is 10.0. The molecule has 0 unspecified atom stereocenters. The molecule has 0 aliphatic heterocycles. The second-order valence-corrected chi connectivity index (χ2v) is 9.00. The fraction of sp³-hybridized carbons (Fsp3) is 0.233. The number of nitrogens with one attached hydrogen (secondary N) is 2. The maximum Gasteiger partial charge on any atom is 0.339 e. The van der Waals surface area contributed by atoms with Gasteiger partial charge in [0.25, 0.3) is 5.91 Å². The molecular weight excluding hydrogens is 482 g/mol. The predicted octanol–water partition coefficient (Wildman–Crippen LogP) is 3.87. The topological polar surface area (TPSA) is 114 Å². The third-order valence-electron chi connectivity index (χ3n) is 5.79. The molecule has 0 fully saturated rings. The highest BCUT2D eigenvalue weighted by Gasteiger charge is 2.19. The Morgan fingerprint density at radius 2 is 1.87 bits per heavy atom. The minimum absolute atomic E-state index is 0.148. The number of nitrogens with zero attached hydrogens (tertiary/aromatic N) is 1. The van der Waals surface area contributed by atoms with Gasteiger partial charge in [0.05, 0.1) is 37.0 Å². The van der Waals surface area contributed by atoms with Gasteiger partial charge in [-0.25, -0.2) is 4.79 Å². The standard InChI is InChI=1S/C30H29N3O5/c1-19(2)38-28-11-10-20(8-9-21-12-23(16-31-15-21)30(36)37-3)13-26(28)29(35)33-24(18-34)14-22-17-32-27-7-5-4-6-25(22)27/h4-7,10-13,15-17,19,24,32,34H,14,18H2,1-3H3,(H,33,35)/t24-/m1/s1. The number of aliphatic hydroxyl groups is 1. The Hall–Kier alpha value is -4.61. The number of methoxy groups -OCH3 is 1. The van der Waals surface area contributed by atoms with Crippen molar-refractivity contribution in [3.8, 4) is 17.6 Å². The molecule has 194 valence electrons. The summed E-state index contributed by atoms with van der Waals surface area (Å²) in [6.07, 6.45) is 5.15. The number of aromatic nitrogens is 2. The van der Waals surface area contributed by atoms with E-state index in [-0.39, 0.29) is 18.6 Å². The average Bonchev–Trinajstić information content (AvgIpc) is 3.34. The molecule has 0 aliphatic carbocycles. The Morgan fingerprint density at radius 3 is 2.63 bits per heavy atom. The fourth-order valence-corrected chi connectivity index (χ4v) is 4.01. The summed E-state index contributed by atoms with van der Waals surface area (Å²) in [5.41, 5.74) is 3.71. The number of H-pyrrole nitrogens is 1. The highest BCUT2D eigenvalue weighted by atomic mass is 16.5. The molecule has 0 radical (unpaired) electrons. The molecule has 2 heterocycles. The lowest BCUT2D eigenvalue weighted by Gasteiger charge is -2.19. The van der Waals surface area contributed by atoms with E-state index in [0.717, 1.165) is 16.5 Å². The van der Waals surface area contributed by atoms with Crippen molar-refractivity contribution in [1.29, 1.82) is 0 Å². The maximum absolute atomic E-state index is 13.4. The van der Waals surface area contributed by atoms with E-state index in [2.05, 4.69) is 27.1 Å². The first-order chi connectivity index (χ1) is 18.4. The summed E-state index contributed by atoms with van der Waals surface area (Å²) >= 11 is 0. The van der Waals surface area contributed by atoms with Crippen LogP contribution in [-0.2, 0) is 11.2 Å². The fourth-order valence-electron chi connectivity index (χ4n) is 4.01. The van der Waals surface area contributed by atoms with Gasteiger partial charge in [0.1, 0.15) is 5.75 Å². The van der Waals surface area contributed by atoms with E-state index in [1.807, 2.05) is 44.3 Å². The molecule has 2 aromatic heterocycles. The second-order valence-electron chi connectivity index (χ2n) is 9.00. The van der Waals surface area contributed by atoms with Crippen LogP contribution in [0.3, 0.4) is 0 Å². The summed E-state index contributed by atoms with van der Waals surface area (Å²) in [6.45, 7) is 3.53. The van der Waals surface area contributed by atoms with Gasteiger partial charge < -0.3 is 24.9 Å². The molecule has 2 aromatic carbocycles. The van der Waals surface area contributed by atoms with Gasteiger partial charge in [0.15, 0.2) is 0 Å². The number of fused-ring (bicyclic) bond motifs is 1. The van der Waals surface area contributed by atoms with Crippen molar-refractivity contribution in [1.82, 2.24) is 15.3 Å². The highest BCUT2D eigenvalue weighted by molar-refractivity contribution is 5.97. The van der Waals surface area contributed by atoms with Crippen LogP contribution < -0.4 is 10.1 Å². The molecule has 4 aromatic rings. The average molecular weight is 512 g/mol. The van der Waals surface area contributed by atoms with Crippen molar-refractivity contribution >= 4 is 22.8 Å². The van der Waals surface area contributed by atoms with Crippen LogP contribution in [-0.4, -0.2) is 52.8 Å². The highest BCUT2D eigenvalue weighted by Crippen LogP contribution is 2.23. The van der Waals surface area contributed by atoms with E-state index < -0.39 is 12.0 Å². The van der Waals surface area contributed by atoms with Crippen LogP contribution in [0.1, 0.15) is 51.3 Å². The summed E-state index contributed by atoms with van der Waals surface area (Å²) in [6, 6.07) is 14.1. The van der Waals surface area contributed by atoms with Gasteiger partial charge in [-0.05, 0) is 56.2 Å². The molecule has 0 aliphatic rings. The van der Waals surface area contributed by atoms with Gasteiger partial charge in [0, 0.05) is 40.6 Å². The molecule has 1 amide bonds. The number of hydrogen-bond acceptors (Lipinski definition) is 6. The number of rotatable bonds is 8. The molecule has 3 N–H and O–H groups in total. The Kier molecular flexibility index (Phi) is 8.41. The molecule has 8 heteroatoms. The second kappa shape index (κ2) is 12.1. The van der Waals surface area contributed by atoms with Crippen molar-refractivity contribution < 1.29 is 24.2 Å². The molecule has 1 atom stereocenters. The number of carbonyl (C=O) groups is 2. The first-order valence-electron chi connectivity index (χ1n) is 12.2. The zero-order valence-electron chi connectivity index (χ0n) is 21.4. The number of aliphatic hydroxyl groups excluding tert-OH is 1. The Morgan fingerprint density at radius 1 is 1.08 bits per heavy atom. The maximum atomic E-state index is 13.4. The third kappa shape index (κ3) is 6.38. The number of amides is 1. The van der Waals surface area contributed by atoms with Crippen LogP contribution in [0.2, 0.25) is 0 Å². The summed E-state index contributed by atoms with van der Waals surface area (Å²) in [5.74, 6) is 5.52. The number of esters is 1. The smallest absolute Gasteiger partial charge is 0.339 e. The van der Waals surface area contributed by atoms with Crippen molar-refractivity contribution in [2.45, 2.75) is 32.4 Å². The van der Waals surface area contributed by atoms with Crippen LogP contribution in [0, 0.1) is 11.8 Å². The minimum Gasteiger partial charge on any atom is -0.490 e. The summed E-state index contributed by atoms with van der Waals surface area (Å²) in [5, 5.41) is 14.0. The molecule has 8 nitrogen and oxygen atoms in total. The van der Waals surface area contributed by atoms with Crippen LogP contribution in [0.5, 0.6) is 5.75 Å². The third-order valence-corrected chi connectivity index (χ3v) is 5.79. The number of benzene rings is 2. The lowest BCUT2D eigenvalue weighted by Crippen LogP contribution is -2.39. The van der Waals surface area contributed by atoms with Crippen molar-refractivity contribution in [2.75, 3.05) is 13.7 Å². The normalized spacial score (nSPS) is 11.5. The number of hydrogen-bond donors (Lipinski definition) is 3.